The van der Waals surface area contributed by atoms with Crippen LogP contribution in [0.5, 0.6) is 0 Å². The van der Waals surface area contributed by atoms with E-state index in [9.17, 15) is 4.79 Å². The molecule has 0 saturated heterocycles. The van der Waals surface area contributed by atoms with Gasteiger partial charge in [-0.15, -0.1) is 0 Å². The molecule has 0 heterocycles. The van der Waals surface area contributed by atoms with E-state index >= 15 is 0 Å². The molecule has 1 rings (SSSR count). The molecule has 0 spiro atoms. The Morgan fingerprint density at radius 2 is 2.07 bits per heavy atom. The lowest BCUT2D eigenvalue weighted by Crippen LogP contribution is -2.39. The first-order chi connectivity index (χ1) is 6.96. The highest BCUT2D eigenvalue weighted by atomic mass is 16.3. The van der Waals surface area contributed by atoms with Crippen LogP contribution in [0.1, 0.15) is 46.5 Å². The zero-order valence-electron chi connectivity index (χ0n) is 10.1. The summed E-state index contributed by atoms with van der Waals surface area (Å²) in [6.45, 7) is 7.18. The third kappa shape index (κ3) is 3.20. The normalized spacial score (nSPS) is 18.7. The number of carbonyl (C=O) groups excluding carboxylic acids is 1. The number of amides is 1. The van der Waals surface area contributed by atoms with Gasteiger partial charge in [0.2, 0.25) is 5.91 Å². The Balaban J connectivity index is 2.34. The summed E-state index contributed by atoms with van der Waals surface area (Å²) in [6, 6.07) is 0. The van der Waals surface area contributed by atoms with E-state index < -0.39 is 5.41 Å². The third-order valence-corrected chi connectivity index (χ3v) is 3.29. The van der Waals surface area contributed by atoms with Crippen LogP contribution in [0.25, 0.3) is 0 Å². The van der Waals surface area contributed by atoms with Gasteiger partial charge in [-0.3, -0.25) is 4.79 Å². The van der Waals surface area contributed by atoms with E-state index in [1.807, 2.05) is 0 Å². The molecule has 1 amide bonds. The van der Waals surface area contributed by atoms with Crippen LogP contribution >= 0.6 is 0 Å². The van der Waals surface area contributed by atoms with Crippen LogP contribution < -0.4 is 5.32 Å². The second-order valence-electron chi connectivity index (χ2n) is 5.54. The molecule has 3 heteroatoms. The van der Waals surface area contributed by atoms with Crippen molar-refractivity contribution >= 4 is 5.91 Å². The van der Waals surface area contributed by atoms with Crippen LogP contribution in [0.4, 0.5) is 0 Å². The van der Waals surface area contributed by atoms with Gasteiger partial charge in [0.1, 0.15) is 0 Å². The third-order valence-electron chi connectivity index (χ3n) is 3.29. The molecule has 3 nitrogen and oxygen atoms in total. The van der Waals surface area contributed by atoms with Crippen molar-refractivity contribution in [2.24, 2.45) is 10.8 Å². The van der Waals surface area contributed by atoms with Crippen molar-refractivity contribution in [3.63, 3.8) is 0 Å². The van der Waals surface area contributed by atoms with Gasteiger partial charge in [-0.25, -0.2) is 0 Å². The maximum atomic E-state index is 11.7. The van der Waals surface area contributed by atoms with Crippen LogP contribution in [0.3, 0.4) is 0 Å². The van der Waals surface area contributed by atoms with Gasteiger partial charge in [0, 0.05) is 6.54 Å². The summed E-state index contributed by atoms with van der Waals surface area (Å²) in [5.74, 6) is 0.0363. The molecule has 0 aliphatic heterocycles. The van der Waals surface area contributed by atoms with Gasteiger partial charge >= 0.3 is 0 Å². The van der Waals surface area contributed by atoms with Gasteiger partial charge in [0.05, 0.1) is 12.0 Å². The number of hydrogen-bond donors (Lipinski definition) is 2. The van der Waals surface area contributed by atoms with E-state index in [1.54, 1.807) is 0 Å². The van der Waals surface area contributed by atoms with Crippen LogP contribution in [0, 0.1) is 10.8 Å². The molecule has 1 fully saturated rings. The van der Waals surface area contributed by atoms with Gasteiger partial charge in [-0.05, 0) is 24.7 Å². The fourth-order valence-electron chi connectivity index (χ4n) is 1.88. The molecule has 0 unspecified atom stereocenters. The van der Waals surface area contributed by atoms with Crippen LogP contribution in [-0.2, 0) is 4.79 Å². The molecule has 0 aromatic heterocycles. The molecule has 1 aliphatic carbocycles. The molecule has 0 radical (unpaired) electrons. The SMILES string of the molecule is CCCC(C)(C)CNC(=O)C1(CO)CC1. The minimum absolute atomic E-state index is 0.00691. The average molecular weight is 213 g/mol. The van der Waals surface area contributed by atoms with Gasteiger partial charge in [-0.1, -0.05) is 27.2 Å². The second kappa shape index (κ2) is 4.52. The topological polar surface area (TPSA) is 49.3 Å². The van der Waals surface area contributed by atoms with Gasteiger partial charge in [-0.2, -0.15) is 0 Å². The zero-order chi connectivity index (χ0) is 11.5. The van der Waals surface area contributed by atoms with Crippen molar-refractivity contribution in [1.82, 2.24) is 5.32 Å². The first-order valence-corrected chi connectivity index (χ1v) is 5.85. The van der Waals surface area contributed by atoms with E-state index in [2.05, 4.69) is 26.1 Å². The first-order valence-electron chi connectivity index (χ1n) is 5.85. The molecule has 0 atom stereocenters. The van der Waals surface area contributed by atoms with E-state index in [0.29, 0.717) is 6.54 Å². The molecular weight excluding hydrogens is 190 g/mol. The maximum absolute atomic E-state index is 11.7. The lowest BCUT2D eigenvalue weighted by molar-refractivity contribution is -0.128. The Morgan fingerprint density at radius 3 is 2.47 bits per heavy atom. The summed E-state index contributed by atoms with van der Waals surface area (Å²) in [5.41, 5.74) is -0.266. The minimum Gasteiger partial charge on any atom is -0.395 e. The van der Waals surface area contributed by atoms with Gasteiger partial charge < -0.3 is 10.4 Å². The van der Waals surface area contributed by atoms with Crippen molar-refractivity contribution in [3.05, 3.63) is 0 Å². The summed E-state index contributed by atoms with van der Waals surface area (Å²) < 4.78 is 0. The van der Waals surface area contributed by atoms with Gasteiger partial charge in [0.25, 0.3) is 0 Å². The number of aliphatic hydroxyl groups excluding tert-OH is 1. The van der Waals surface area contributed by atoms with Crippen molar-refractivity contribution < 1.29 is 9.90 Å². The summed E-state index contributed by atoms with van der Waals surface area (Å²) in [6.07, 6.45) is 3.92. The Bertz CT molecular complexity index is 232. The average Bonchev–Trinajstić information content (AvgIpc) is 2.95. The maximum Gasteiger partial charge on any atom is 0.228 e. The van der Waals surface area contributed by atoms with Crippen molar-refractivity contribution in [2.75, 3.05) is 13.2 Å². The summed E-state index contributed by atoms with van der Waals surface area (Å²) in [7, 11) is 0. The smallest absolute Gasteiger partial charge is 0.228 e. The minimum atomic E-state index is -0.428. The predicted octanol–water partition coefficient (Wildman–Crippen LogP) is 1.70. The van der Waals surface area contributed by atoms with Gasteiger partial charge in [0.15, 0.2) is 0 Å². The number of carbonyl (C=O) groups is 1. The summed E-state index contributed by atoms with van der Waals surface area (Å²) in [4.78, 5) is 11.7. The quantitative estimate of drug-likeness (QED) is 0.705. The standard InChI is InChI=1S/C12H23NO2/c1-4-5-11(2,3)8-13-10(15)12(9-14)6-7-12/h14H,4-9H2,1-3H3,(H,13,15). The highest BCUT2D eigenvalue weighted by Crippen LogP contribution is 2.45. The molecular formula is C12H23NO2. The van der Waals surface area contributed by atoms with Crippen molar-refractivity contribution in [3.8, 4) is 0 Å². The molecule has 2 N–H and O–H groups in total. The van der Waals surface area contributed by atoms with E-state index in [0.717, 1.165) is 25.7 Å². The molecule has 0 bridgehead atoms. The Morgan fingerprint density at radius 1 is 1.47 bits per heavy atom. The molecule has 1 saturated carbocycles. The predicted molar refractivity (Wildman–Crippen MR) is 60.5 cm³/mol. The summed E-state index contributed by atoms with van der Waals surface area (Å²) >= 11 is 0. The number of rotatable bonds is 6. The highest BCUT2D eigenvalue weighted by Gasteiger charge is 2.49. The molecule has 1 aliphatic rings. The zero-order valence-corrected chi connectivity index (χ0v) is 10.1. The van der Waals surface area contributed by atoms with Crippen LogP contribution in [0.15, 0.2) is 0 Å². The van der Waals surface area contributed by atoms with E-state index in [4.69, 9.17) is 5.11 Å². The van der Waals surface area contributed by atoms with E-state index in [-0.39, 0.29) is 17.9 Å². The largest absolute Gasteiger partial charge is 0.395 e. The lowest BCUT2D eigenvalue weighted by atomic mass is 9.88. The fourth-order valence-corrected chi connectivity index (χ4v) is 1.88. The number of nitrogens with one attached hydrogen (secondary N) is 1. The Hall–Kier alpha value is -0.570. The Kier molecular flexibility index (Phi) is 3.77. The van der Waals surface area contributed by atoms with Crippen LogP contribution in [0.2, 0.25) is 0 Å². The molecule has 88 valence electrons. The molecule has 0 aromatic carbocycles. The van der Waals surface area contributed by atoms with Crippen LogP contribution in [-0.4, -0.2) is 24.2 Å². The first kappa shape index (κ1) is 12.5. The second-order valence-corrected chi connectivity index (χ2v) is 5.54. The highest BCUT2D eigenvalue weighted by molar-refractivity contribution is 5.85. The molecule has 0 aromatic rings. The Labute approximate surface area is 92.3 Å². The monoisotopic (exact) mass is 213 g/mol. The number of hydrogen-bond acceptors (Lipinski definition) is 2. The van der Waals surface area contributed by atoms with Crippen molar-refractivity contribution in [2.45, 2.75) is 46.5 Å². The van der Waals surface area contributed by atoms with E-state index in [1.165, 1.54) is 0 Å². The summed E-state index contributed by atoms with van der Waals surface area (Å²) in [5, 5.41) is 12.1. The fraction of sp³-hybridized carbons (Fsp3) is 0.917. The lowest BCUT2D eigenvalue weighted by Gasteiger charge is -2.25. The number of aliphatic hydroxyl groups is 1. The van der Waals surface area contributed by atoms with Crippen molar-refractivity contribution in [1.29, 1.82) is 0 Å². The molecule has 15 heavy (non-hydrogen) atoms.